The van der Waals surface area contributed by atoms with E-state index in [-0.39, 0.29) is 5.91 Å². The first-order chi connectivity index (χ1) is 11.5. The quantitative estimate of drug-likeness (QED) is 0.666. The van der Waals surface area contributed by atoms with Crippen molar-refractivity contribution in [1.29, 1.82) is 0 Å². The lowest BCUT2D eigenvalue weighted by Gasteiger charge is -2.10. The van der Waals surface area contributed by atoms with Gasteiger partial charge in [-0.2, -0.15) is 0 Å². The molecule has 0 atom stereocenters. The summed E-state index contributed by atoms with van der Waals surface area (Å²) in [5, 5.41) is 3.54. The van der Waals surface area contributed by atoms with Crippen LogP contribution in [0.2, 0.25) is 5.02 Å². The van der Waals surface area contributed by atoms with E-state index in [4.69, 9.17) is 16.3 Å². The van der Waals surface area contributed by atoms with Crippen LogP contribution in [0.4, 0.5) is 5.69 Å². The van der Waals surface area contributed by atoms with Crippen LogP contribution in [0.5, 0.6) is 5.75 Å². The zero-order chi connectivity index (χ0) is 17.5. The van der Waals surface area contributed by atoms with Gasteiger partial charge < -0.3 is 10.1 Å². The molecule has 0 fully saturated rings. The fraction of sp³-hybridized carbons (Fsp3) is 0.350. The van der Waals surface area contributed by atoms with Crippen LogP contribution in [-0.4, -0.2) is 12.5 Å². The smallest absolute Gasteiger partial charge is 0.224 e. The summed E-state index contributed by atoms with van der Waals surface area (Å²) in [5.74, 6) is 1.32. The highest BCUT2D eigenvalue weighted by molar-refractivity contribution is 6.31. The van der Waals surface area contributed by atoms with Gasteiger partial charge >= 0.3 is 0 Å². The second kappa shape index (κ2) is 8.74. The highest BCUT2D eigenvalue weighted by Crippen LogP contribution is 2.23. The topological polar surface area (TPSA) is 38.3 Å². The van der Waals surface area contributed by atoms with Gasteiger partial charge in [-0.3, -0.25) is 4.79 Å². The molecular formula is C20H24ClNO2. The number of amides is 1. The SMILES string of the molecule is Cc1c(Cl)cccc1NC(=O)CCCOc1ccc(C(C)C)cc1. The molecule has 128 valence electrons. The third-order valence-corrected chi connectivity index (χ3v) is 4.31. The summed E-state index contributed by atoms with van der Waals surface area (Å²) in [6.45, 7) is 6.73. The van der Waals surface area contributed by atoms with Gasteiger partial charge in [0.05, 0.1) is 6.61 Å². The summed E-state index contributed by atoms with van der Waals surface area (Å²) >= 11 is 6.05. The molecule has 3 nitrogen and oxygen atoms in total. The lowest BCUT2D eigenvalue weighted by molar-refractivity contribution is -0.116. The van der Waals surface area contributed by atoms with Gasteiger partial charge in [-0.25, -0.2) is 0 Å². The molecule has 0 aliphatic heterocycles. The Balaban J connectivity index is 1.73. The number of rotatable bonds is 7. The van der Waals surface area contributed by atoms with E-state index in [1.807, 2.05) is 37.3 Å². The molecule has 0 saturated heterocycles. The minimum Gasteiger partial charge on any atom is -0.494 e. The Morgan fingerprint density at radius 1 is 1.17 bits per heavy atom. The van der Waals surface area contributed by atoms with Crippen LogP contribution in [0.3, 0.4) is 0 Å². The molecule has 1 amide bonds. The van der Waals surface area contributed by atoms with E-state index in [0.717, 1.165) is 17.0 Å². The predicted molar refractivity (Wildman–Crippen MR) is 100 cm³/mol. The molecule has 0 unspecified atom stereocenters. The van der Waals surface area contributed by atoms with Crippen molar-refractivity contribution in [2.45, 2.75) is 39.5 Å². The van der Waals surface area contributed by atoms with E-state index >= 15 is 0 Å². The van der Waals surface area contributed by atoms with Crippen LogP contribution in [0.25, 0.3) is 0 Å². The number of hydrogen-bond acceptors (Lipinski definition) is 2. The second-order valence-electron chi connectivity index (χ2n) is 6.14. The Kier molecular flexibility index (Phi) is 6.68. The number of hydrogen-bond donors (Lipinski definition) is 1. The van der Waals surface area contributed by atoms with E-state index in [2.05, 4.69) is 31.3 Å². The maximum Gasteiger partial charge on any atom is 0.224 e. The molecule has 0 bridgehead atoms. The molecule has 2 rings (SSSR count). The van der Waals surface area contributed by atoms with Gasteiger partial charge in [0.15, 0.2) is 0 Å². The zero-order valence-corrected chi connectivity index (χ0v) is 15.2. The summed E-state index contributed by atoms with van der Waals surface area (Å²) in [4.78, 5) is 12.0. The van der Waals surface area contributed by atoms with Crippen molar-refractivity contribution in [3.8, 4) is 5.75 Å². The van der Waals surface area contributed by atoms with E-state index in [9.17, 15) is 4.79 Å². The average molecular weight is 346 g/mol. The molecule has 0 aromatic heterocycles. The van der Waals surface area contributed by atoms with Crippen LogP contribution in [0, 0.1) is 6.92 Å². The van der Waals surface area contributed by atoms with Crippen molar-refractivity contribution in [3.05, 3.63) is 58.6 Å². The molecule has 0 aliphatic carbocycles. The van der Waals surface area contributed by atoms with E-state index < -0.39 is 0 Å². The summed E-state index contributed by atoms with van der Waals surface area (Å²) in [6.07, 6.45) is 1.08. The van der Waals surface area contributed by atoms with Gasteiger partial charge in [-0.05, 0) is 54.7 Å². The van der Waals surface area contributed by atoms with Gasteiger partial charge in [-0.15, -0.1) is 0 Å². The molecule has 0 heterocycles. The van der Waals surface area contributed by atoms with Crippen LogP contribution >= 0.6 is 11.6 Å². The predicted octanol–water partition coefficient (Wildman–Crippen LogP) is 5.57. The summed E-state index contributed by atoms with van der Waals surface area (Å²) in [7, 11) is 0. The average Bonchev–Trinajstić information content (AvgIpc) is 2.56. The van der Waals surface area contributed by atoms with Crippen LogP contribution in [0.15, 0.2) is 42.5 Å². The molecule has 0 spiro atoms. The van der Waals surface area contributed by atoms with E-state index in [1.54, 1.807) is 0 Å². The maximum atomic E-state index is 12.0. The molecule has 24 heavy (non-hydrogen) atoms. The van der Waals surface area contributed by atoms with Crippen molar-refractivity contribution in [2.24, 2.45) is 0 Å². The van der Waals surface area contributed by atoms with Crippen LogP contribution in [0.1, 0.15) is 43.7 Å². The Bertz CT molecular complexity index is 681. The first kappa shape index (κ1) is 18.3. The molecular weight excluding hydrogens is 322 g/mol. The Morgan fingerprint density at radius 3 is 2.54 bits per heavy atom. The number of benzene rings is 2. The molecule has 0 aliphatic rings. The van der Waals surface area contributed by atoms with Crippen molar-refractivity contribution in [3.63, 3.8) is 0 Å². The van der Waals surface area contributed by atoms with Gasteiger partial charge in [-0.1, -0.05) is 43.6 Å². The first-order valence-electron chi connectivity index (χ1n) is 8.25. The molecule has 0 radical (unpaired) electrons. The molecule has 2 aromatic rings. The Labute approximate surface area is 149 Å². The van der Waals surface area contributed by atoms with E-state index in [0.29, 0.717) is 30.4 Å². The maximum absolute atomic E-state index is 12.0. The summed E-state index contributed by atoms with van der Waals surface area (Å²) < 4.78 is 5.68. The molecule has 2 aromatic carbocycles. The normalized spacial score (nSPS) is 10.7. The standard InChI is InChI=1S/C20H24ClNO2/c1-14(2)16-9-11-17(12-10-16)24-13-5-8-20(23)22-19-7-4-6-18(21)15(19)3/h4,6-7,9-12,14H,5,8,13H2,1-3H3,(H,22,23). The highest BCUT2D eigenvalue weighted by atomic mass is 35.5. The molecule has 4 heteroatoms. The summed E-state index contributed by atoms with van der Waals surface area (Å²) in [5.41, 5.74) is 2.94. The monoisotopic (exact) mass is 345 g/mol. The number of halogens is 1. The van der Waals surface area contributed by atoms with Crippen molar-refractivity contribution >= 4 is 23.2 Å². The number of ether oxygens (including phenoxy) is 1. The number of carbonyl (C=O) groups excluding carboxylic acids is 1. The molecule has 1 N–H and O–H groups in total. The molecule has 0 saturated carbocycles. The van der Waals surface area contributed by atoms with Gasteiger partial charge in [0, 0.05) is 17.1 Å². The Hall–Kier alpha value is -2.00. The van der Waals surface area contributed by atoms with Gasteiger partial charge in [0.2, 0.25) is 5.91 Å². The minimum atomic E-state index is -0.0286. The van der Waals surface area contributed by atoms with Gasteiger partial charge in [0.1, 0.15) is 5.75 Å². The summed E-state index contributed by atoms with van der Waals surface area (Å²) in [6, 6.07) is 13.6. The fourth-order valence-corrected chi connectivity index (χ4v) is 2.50. The van der Waals surface area contributed by atoms with Crippen molar-refractivity contribution in [1.82, 2.24) is 0 Å². The van der Waals surface area contributed by atoms with Crippen LogP contribution in [-0.2, 0) is 4.79 Å². The first-order valence-corrected chi connectivity index (χ1v) is 8.63. The fourth-order valence-electron chi connectivity index (χ4n) is 2.33. The van der Waals surface area contributed by atoms with Gasteiger partial charge in [0.25, 0.3) is 0 Å². The second-order valence-corrected chi connectivity index (χ2v) is 6.54. The Morgan fingerprint density at radius 2 is 1.88 bits per heavy atom. The minimum absolute atomic E-state index is 0.0286. The highest BCUT2D eigenvalue weighted by Gasteiger charge is 2.07. The third kappa shape index (κ3) is 5.27. The number of carbonyl (C=O) groups is 1. The third-order valence-electron chi connectivity index (χ3n) is 3.91. The lowest BCUT2D eigenvalue weighted by atomic mass is 10.0. The van der Waals surface area contributed by atoms with Crippen LogP contribution < -0.4 is 10.1 Å². The zero-order valence-electron chi connectivity index (χ0n) is 14.4. The van der Waals surface area contributed by atoms with Crippen molar-refractivity contribution in [2.75, 3.05) is 11.9 Å². The van der Waals surface area contributed by atoms with E-state index in [1.165, 1.54) is 5.56 Å². The lowest BCUT2D eigenvalue weighted by Crippen LogP contribution is -2.13. The number of anilines is 1. The largest absolute Gasteiger partial charge is 0.494 e. The van der Waals surface area contributed by atoms with Crippen molar-refractivity contribution < 1.29 is 9.53 Å². The number of nitrogens with one attached hydrogen (secondary N) is 1.